The van der Waals surface area contributed by atoms with Crippen LogP contribution in [0.25, 0.3) is 0 Å². The summed E-state index contributed by atoms with van der Waals surface area (Å²) < 4.78 is 6.66. The molecule has 20 heavy (non-hydrogen) atoms. The van der Waals surface area contributed by atoms with Gasteiger partial charge >= 0.3 is 5.97 Å². The molecule has 0 radical (unpaired) electrons. The summed E-state index contributed by atoms with van der Waals surface area (Å²) in [5, 5.41) is 13.5. The highest BCUT2D eigenvalue weighted by molar-refractivity contribution is 5.69. The largest absolute Gasteiger partial charge is 0.508 e. The molecule has 2 aromatic rings. The maximum atomic E-state index is 11.8. The molecule has 1 heterocycles. The van der Waals surface area contributed by atoms with Gasteiger partial charge in [0.05, 0.1) is 17.1 Å². The Morgan fingerprint density at radius 3 is 2.80 bits per heavy atom. The van der Waals surface area contributed by atoms with E-state index in [2.05, 4.69) is 5.10 Å². The molecule has 3 N–H and O–H groups in total. The number of phenols is 1. The number of anilines is 1. The van der Waals surface area contributed by atoms with E-state index in [9.17, 15) is 9.90 Å². The minimum absolute atomic E-state index is 0.0166. The summed E-state index contributed by atoms with van der Waals surface area (Å²) in [5.41, 5.74) is 8.56. The zero-order valence-corrected chi connectivity index (χ0v) is 11.5. The molecular weight excluding hydrogens is 258 g/mol. The van der Waals surface area contributed by atoms with Crippen molar-refractivity contribution in [1.82, 2.24) is 9.78 Å². The molecule has 0 amide bonds. The second kappa shape index (κ2) is 5.64. The number of phenolic OH excluding ortho intramolecular Hbond substituents is 1. The molecule has 2 rings (SSSR count). The molecule has 0 fully saturated rings. The molecular formula is C14H17N3O3. The fourth-order valence-corrected chi connectivity index (χ4v) is 1.84. The van der Waals surface area contributed by atoms with Crippen LogP contribution in [0.5, 0.6) is 5.75 Å². The first kappa shape index (κ1) is 13.9. The molecule has 0 saturated carbocycles. The van der Waals surface area contributed by atoms with Gasteiger partial charge in [-0.25, -0.2) is 0 Å². The van der Waals surface area contributed by atoms with E-state index in [1.807, 2.05) is 0 Å². The Kier molecular flexibility index (Phi) is 3.93. The van der Waals surface area contributed by atoms with Gasteiger partial charge in [-0.05, 0) is 31.5 Å². The van der Waals surface area contributed by atoms with Crippen LogP contribution in [0, 0.1) is 13.8 Å². The lowest BCUT2D eigenvalue weighted by molar-refractivity contribution is -0.145. The first-order valence-corrected chi connectivity index (χ1v) is 6.20. The third kappa shape index (κ3) is 3.09. The summed E-state index contributed by atoms with van der Waals surface area (Å²) >= 11 is 0. The number of ether oxygens (including phenoxy) is 1. The standard InChI is InChI=1S/C14H17N3O3/c1-9-14(15)10(2)17(16-9)7-13(19)20-8-11-4-3-5-12(18)6-11/h3-6,18H,7-8,15H2,1-2H3. The van der Waals surface area contributed by atoms with E-state index in [0.717, 1.165) is 11.3 Å². The summed E-state index contributed by atoms with van der Waals surface area (Å²) in [6.45, 7) is 3.72. The number of nitrogens with two attached hydrogens (primary N) is 1. The minimum atomic E-state index is -0.404. The van der Waals surface area contributed by atoms with Crippen LogP contribution in [0.4, 0.5) is 5.69 Å². The van der Waals surface area contributed by atoms with Gasteiger partial charge in [-0.1, -0.05) is 12.1 Å². The predicted molar refractivity (Wildman–Crippen MR) is 74.0 cm³/mol. The normalized spacial score (nSPS) is 10.5. The number of carbonyl (C=O) groups is 1. The number of benzene rings is 1. The van der Waals surface area contributed by atoms with Gasteiger partial charge in [0, 0.05) is 0 Å². The molecule has 1 aromatic heterocycles. The third-order valence-corrected chi connectivity index (χ3v) is 3.03. The smallest absolute Gasteiger partial charge is 0.328 e. The number of hydrogen-bond acceptors (Lipinski definition) is 5. The topological polar surface area (TPSA) is 90.4 Å². The van der Waals surface area contributed by atoms with E-state index >= 15 is 0 Å². The van der Waals surface area contributed by atoms with Gasteiger partial charge in [0.15, 0.2) is 0 Å². The van der Waals surface area contributed by atoms with Crippen LogP contribution in [0.1, 0.15) is 17.0 Å². The summed E-state index contributed by atoms with van der Waals surface area (Å²) in [4.78, 5) is 11.8. The van der Waals surface area contributed by atoms with Crippen molar-refractivity contribution in [3.63, 3.8) is 0 Å². The number of aryl methyl sites for hydroxylation is 1. The Morgan fingerprint density at radius 1 is 1.45 bits per heavy atom. The summed E-state index contributed by atoms with van der Waals surface area (Å²) in [7, 11) is 0. The predicted octanol–water partition coefficient (Wildman–Crippen LogP) is 1.53. The Morgan fingerprint density at radius 2 is 2.20 bits per heavy atom. The van der Waals surface area contributed by atoms with E-state index in [4.69, 9.17) is 10.5 Å². The second-order valence-electron chi connectivity index (χ2n) is 4.57. The van der Waals surface area contributed by atoms with Gasteiger partial charge in [-0.15, -0.1) is 0 Å². The van der Waals surface area contributed by atoms with Crippen LogP contribution in [0.3, 0.4) is 0 Å². The number of nitrogen functional groups attached to an aromatic ring is 1. The molecule has 0 aliphatic heterocycles. The van der Waals surface area contributed by atoms with Crippen LogP contribution in [0.2, 0.25) is 0 Å². The first-order chi connectivity index (χ1) is 9.47. The van der Waals surface area contributed by atoms with Crippen molar-refractivity contribution in [1.29, 1.82) is 0 Å². The fourth-order valence-electron chi connectivity index (χ4n) is 1.84. The number of rotatable bonds is 4. The number of hydrogen-bond donors (Lipinski definition) is 2. The van der Waals surface area contributed by atoms with E-state index < -0.39 is 5.97 Å². The summed E-state index contributed by atoms with van der Waals surface area (Å²) in [6, 6.07) is 6.58. The zero-order valence-electron chi connectivity index (χ0n) is 11.5. The first-order valence-electron chi connectivity index (χ1n) is 6.20. The number of carbonyl (C=O) groups excluding carboxylic acids is 1. The third-order valence-electron chi connectivity index (χ3n) is 3.03. The Balaban J connectivity index is 1.94. The van der Waals surface area contributed by atoms with E-state index in [1.165, 1.54) is 4.68 Å². The van der Waals surface area contributed by atoms with Crippen LogP contribution < -0.4 is 5.73 Å². The lowest BCUT2D eigenvalue weighted by atomic mass is 10.2. The van der Waals surface area contributed by atoms with Gasteiger partial charge in [0.1, 0.15) is 18.9 Å². The molecule has 6 heteroatoms. The molecule has 0 aliphatic rings. The average Bonchev–Trinajstić information content (AvgIpc) is 2.64. The van der Waals surface area contributed by atoms with Crippen LogP contribution in [-0.2, 0) is 22.7 Å². The van der Waals surface area contributed by atoms with Gasteiger partial charge < -0.3 is 15.6 Å². The van der Waals surface area contributed by atoms with Gasteiger partial charge in [0.25, 0.3) is 0 Å². The highest BCUT2D eigenvalue weighted by atomic mass is 16.5. The average molecular weight is 275 g/mol. The number of aromatic hydroxyl groups is 1. The molecule has 1 aromatic carbocycles. The highest BCUT2D eigenvalue weighted by Crippen LogP contribution is 2.15. The molecule has 106 valence electrons. The molecule has 0 bridgehead atoms. The number of esters is 1. The fraction of sp³-hybridized carbons (Fsp3) is 0.286. The van der Waals surface area contributed by atoms with E-state index in [0.29, 0.717) is 11.4 Å². The zero-order chi connectivity index (χ0) is 14.7. The van der Waals surface area contributed by atoms with Crippen molar-refractivity contribution in [2.75, 3.05) is 5.73 Å². The maximum absolute atomic E-state index is 11.8. The van der Waals surface area contributed by atoms with E-state index in [1.54, 1.807) is 38.1 Å². The monoisotopic (exact) mass is 275 g/mol. The van der Waals surface area contributed by atoms with Gasteiger partial charge in [-0.3, -0.25) is 9.48 Å². The van der Waals surface area contributed by atoms with Crippen molar-refractivity contribution in [2.45, 2.75) is 27.0 Å². The van der Waals surface area contributed by atoms with E-state index in [-0.39, 0.29) is 18.9 Å². The van der Waals surface area contributed by atoms with Crippen molar-refractivity contribution >= 4 is 11.7 Å². The van der Waals surface area contributed by atoms with Gasteiger partial charge in [-0.2, -0.15) is 5.10 Å². The van der Waals surface area contributed by atoms with Crippen molar-refractivity contribution in [2.24, 2.45) is 0 Å². The van der Waals surface area contributed by atoms with Crippen LogP contribution >= 0.6 is 0 Å². The number of nitrogens with zero attached hydrogens (tertiary/aromatic N) is 2. The molecule has 0 atom stereocenters. The maximum Gasteiger partial charge on any atom is 0.328 e. The lowest BCUT2D eigenvalue weighted by Gasteiger charge is -2.06. The minimum Gasteiger partial charge on any atom is -0.508 e. The molecule has 0 aliphatic carbocycles. The van der Waals surface area contributed by atoms with Crippen LogP contribution in [0.15, 0.2) is 24.3 Å². The number of aromatic nitrogens is 2. The molecule has 0 unspecified atom stereocenters. The van der Waals surface area contributed by atoms with Crippen molar-refractivity contribution in [3.8, 4) is 5.75 Å². The Bertz CT molecular complexity index is 635. The molecule has 0 saturated heterocycles. The van der Waals surface area contributed by atoms with Crippen LogP contribution in [-0.4, -0.2) is 20.9 Å². The molecule has 6 nitrogen and oxygen atoms in total. The SMILES string of the molecule is Cc1nn(CC(=O)OCc2cccc(O)c2)c(C)c1N. The lowest BCUT2D eigenvalue weighted by Crippen LogP contribution is -2.15. The summed E-state index contributed by atoms with van der Waals surface area (Å²) in [5.74, 6) is -0.260. The van der Waals surface area contributed by atoms with Crippen molar-refractivity contribution < 1.29 is 14.6 Å². The Labute approximate surface area is 116 Å². The highest BCUT2D eigenvalue weighted by Gasteiger charge is 2.12. The second-order valence-corrected chi connectivity index (χ2v) is 4.57. The Hall–Kier alpha value is -2.50. The quantitative estimate of drug-likeness (QED) is 0.826. The van der Waals surface area contributed by atoms with Crippen molar-refractivity contribution in [3.05, 3.63) is 41.2 Å². The van der Waals surface area contributed by atoms with Gasteiger partial charge in [0.2, 0.25) is 0 Å². The molecule has 0 spiro atoms. The summed E-state index contributed by atoms with van der Waals surface area (Å²) in [6.07, 6.45) is 0.